The van der Waals surface area contributed by atoms with E-state index in [1.165, 1.54) is 48.4 Å². The molecule has 2 heteroatoms. The largest absolute Gasteiger partial charge is 0.309 e. The molecule has 3 aliphatic rings. The Labute approximate surface area is 114 Å². The Morgan fingerprint density at radius 2 is 2.11 bits per heavy atom. The van der Waals surface area contributed by atoms with Crippen molar-refractivity contribution in [2.24, 2.45) is 17.8 Å². The van der Waals surface area contributed by atoms with Gasteiger partial charge in [0.25, 0.3) is 0 Å². The van der Waals surface area contributed by atoms with E-state index in [0.717, 1.165) is 17.8 Å². The summed E-state index contributed by atoms with van der Waals surface area (Å²) in [4.78, 5) is 1.49. The Hall–Kier alpha value is -0.470. The van der Waals surface area contributed by atoms with E-state index in [9.17, 15) is 0 Å². The second-order valence-electron chi connectivity index (χ2n) is 6.24. The van der Waals surface area contributed by atoms with Crippen molar-refractivity contribution < 1.29 is 0 Å². The number of thioether (sulfide) groups is 1. The van der Waals surface area contributed by atoms with Crippen LogP contribution in [0.3, 0.4) is 0 Å². The minimum Gasteiger partial charge on any atom is -0.309 e. The van der Waals surface area contributed by atoms with Crippen LogP contribution in [0.1, 0.15) is 37.3 Å². The first-order valence-electron chi connectivity index (χ1n) is 7.35. The molecule has 1 aromatic carbocycles. The van der Waals surface area contributed by atoms with Gasteiger partial charge in [-0.25, -0.2) is 0 Å². The SMILES string of the molecule is c1ccc2c(c1)SCC2NCC1CC2CCC1C2. The molecule has 2 bridgehead atoms. The number of rotatable bonds is 3. The average molecular weight is 259 g/mol. The van der Waals surface area contributed by atoms with Gasteiger partial charge in [0.05, 0.1) is 0 Å². The van der Waals surface area contributed by atoms with Gasteiger partial charge in [0.2, 0.25) is 0 Å². The fourth-order valence-corrected chi connectivity index (χ4v) is 5.45. The fraction of sp³-hybridized carbons (Fsp3) is 0.625. The van der Waals surface area contributed by atoms with E-state index in [0.29, 0.717) is 6.04 Å². The van der Waals surface area contributed by atoms with Crippen LogP contribution in [0.4, 0.5) is 0 Å². The maximum absolute atomic E-state index is 3.84. The van der Waals surface area contributed by atoms with Crippen LogP contribution < -0.4 is 5.32 Å². The van der Waals surface area contributed by atoms with Crippen LogP contribution in [0.25, 0.3) is 0 Å². The summed E-state index contributed by atoms with van der Waals surface area (Å²) in [6.07, 6.45) is 6.05. The van der Waals surface area contributed by atoms with Crippen molar-refractivity contribution in [3.8, 4) is 0 Å². The van der Waals surface area contributed by atoms with Crippen LogP contribution in [-0.4, -0.2) is 12.3 Å². The van der Waals surface area contributed by atoms with E-state index in [2.05, 4.69) is 29.6 Å². The predicted octanol–water partition coefficient (Wildman–Crippen LogP) is 3.86. The monoisotopic (exact) mass is 259 g/mol. The quantitative estimate of drug-likeness (QED) is 0.884. The minimum atomic E-state index is 0.602. The molecule has 4 atom stereocenters. The highest BCUT2D eigenvalue weighted by Gasteiger charge is 2.39. The lowest BCUT2D eigenvalue weighted by molar-refractivity contribution is 0.310. The van der Waals surface area contributed by atoms with Crippen LogP contribution in [0.5, 0.6) is 0 Å². The highest BCUT2D eigenvalue weighted by Crippen LogP contribution is 2.48. The van der Waals surface area contributed by atoms with E-state index < -0.39 is 0 Å². The van der Waals surface area contributed by atoms with Gasteiger partial charge < -0.3 is 5.32 Å². The van der Waals surface area contributed by atoms with E-state index in [4.69, 9.17) is 0 Å². The third-order valence-corrected chi connectivity index (χ3v) is 6.39. The molecule has 4 rings (SSSR count). The molecule has 0 spiro atoms. The molecule has 0 amide bonds. The predicted molar refractivity (Wildman–Crippen MR) is 76.8 cm³/mol. The average Bonchev–Trinajstić information content (AvgIpc) is 3.11. The zero-order valence-electron chi connectivity index (χ0n) is 10.8. The molecule has 1 N–H and O–H groups in total. The summed E-state index contributed by atoms with van der Waals surface area (Å²) in [5, 5.41) is 3.84. The first-order valence-corrected chi connectivity index (χ1v) is 8.34. The highest BCUT2D eigenvalue weighted by atomic mass is 32.2. The Bertz CT molecular complexity index is 444. The molecule has 0 saturated heterocycles. The van der Waals surface area contributed by atoms with Crippen LogP contribution in [0.2, 0.25) is 0 Å². The molecule has 2 fully saturated rings. The maximum Gasteiger partial charge on any atom is 0.0426 e. The van der Waals surface area contributed by atoms with E-state index >= 15 is 0 Å². The summed E-state index contributed by atoms with van der Waals surface area (Å²) in [5.74, 6) is 4.32. The molecule has 4 unspecified atom stereocenters. The molecule has 2 aliphatic carbocycles. The van der Waals surface area contributed by atoms with Crippen molar-refractivity contribution in [2.45, 2.75) is 36.6 Å². The summed E-state index contributed by atoms with van der Waals surface area (Å²) >= 11 is 2.01. The third kappa shape index (κ3) is 1.90. The van der Waals surface area contributed by atoms with Gasteiger partial charge in [0.1, 0.15) is 0 Å². The summed E-state index contributed by atoms with van der Waals surface area (Å²) < 4.78 is 0. The number of hydrogen-bond acceptors (Lipinski definition) is 2. The summed E-state index contributed by atoms with van der Waals surface area (Å²) in [5.41, 5.74) is 1.53. The Morgan fingerprint density at radius 1 is 1.17 bits per heavy atom. The van der Waals surface area contributed by atoms with Gasteiger partial charge in [-0.1, -0.05) is 24.6 Å². The van der Waals surface area contributed by atoms with Gasteiger partial charge >= 0.3 is 0 Å². The van der Waals surface area contributed by atoms with Gasteiger partial charge in [-0.3, -0.25) is 0 Å². The summed E-state index contributed by atoms with van der Waals surface area (Å²) in [6.45, 7) is 1.25. The highest BCUT2D eigenvalue weighted by molar-refractivity contribution is 7.99. The Balaban J connectivity index is 1.39. The minimum absolute atomic E-state index is 0.602. The topological polar surface area (TPSA) is 12.0 Å². The maximum atomic E-state index is 3.84. The Morgan fingerprint density at radius 3 is 2.94 bits per heavy atom. The molecule has 0 radical (unpaired) electrons. The van der Waals surface area contributed by atoms with Gasteiger partial charge in [-0.05, 0) is 55.2 Å². The van der Waals surface area contributed by atoms with Crippen molar-refractivity contribution in [2.75, 3.05) is 12.3 Å². The molecule has 1 aliphatic heterocycles. The van der Waals surface area contributed by atoms with E-state index in [1.807, 2.05) is 11.8 Å². The number of hydrogen-bond donors (Lipinski definition) is 1. The van der Waals surface area contributed by atoms with Crippen LogP contribution in [0.15, 0.2) is 29.2 Å². The molecular formula is C16H21NS. The van der Waals surface area contributed by atoms with Crippen molar-refractivity contribution in [1.82, 2.24) is 5.32 Å². The number of nitrogens with one attached hydrogen (secondary N) is 1. The lowest BCUT2D eigenvalue weighted by atomic mass is 9.88. The lowest BCUT2D eigenvalue weighted by Crippen LogP contribution is -2.30. The smallest absolute Gasteiger partial charge is 0.0426 e. The first-order chi connectivity index (χ1) is 8.90. The van der Waals surface area contributed by atoms with Crippen LogP contribution >= 0.6 is 11.8 Å². The molecule has 2 saturated carbocycles. The molecule has 96 valence electrons. The van der Waals surface area contributed by atoms with Crippen LogP contribution in [-0.2, 0) is 0 Å². The second kappa shape index (κ2) is 4.57. The molecule has 1 nitrogen and oxygen atoms in total. The first kappa shape index (κ1) is 11.4. The van der Waals surface area contributed by atoms with Crippen LogP contribution in [0, 0.1) is 17.8 Å². The number of benzene rings is 1. The normalized spacial score (nSPS) is 37.1. The summed E-state index contributed by atoms with van der Waals surface area (Å²) in [6, 6.07) is 9.50. The van der Waals surface area contributed by atoms with Gasteiger partial charge in [0, 0.05) is 16.7 Å². The van der Waals surface area contributed by atoms with Crippen molar-refractivity contribution >= 4 is 11.8 Å². The molecular weight excluding hydrogens is 238 g/mol. The van der Waals surface area contributed by atoms with Crippen molar-refractivity contribution in [1.29, 1.82) is 0 Å². The zero-order chi connectivity index (χ0) is 11.9. The van der Waals surface area contributed by atoms with Crippen molar-refractivity contribution in [3.05, 3.63) is 29.8 Å². The lowest BCUT2D eigenvalue weighted by Gasteiger charge is -2.24. The van der Waals surface area contributed by atoms with Gasteiger partial charge in [-0.2, -0.15) is 0 Å². The second-order valence-corrected chi connectivity index (χ2v) is 7.31. The summed E-state index contributed by atoms with van der Waals surface area (Å²) in [7, 11) is 0. The molecule has 1 aromatic rings. The fourth-order valence-electron chi connectivity index (χ4n) is 4.25. The molecule has 1 heterocycles. The van der Waals surface area contributed by atoms with E-state index in [1.54, 1.807) is 0 Å². The molecule has 18 heavy (non-hydrogen) atoms. The van der Waals surface area contributed by atoms with Gasteiger partial charge in [-0.15, -0.1) is 11.8 Å². The van der Waals surface area contributed by atoms with Gasteiger partial charge in [0.15, 0.2) is 0 Å². The Kier molecular flexibility index (Phi) is 2.89. The third-order valence-electron chi connectivity index (χ3n) is 5.21. The van der Waals surface area contributed by atoms with E-state index in [-0.39, 0.29) is 0 Å². The van der Waals surface area contributed by atoms with Crippen molar-refractivity contribution in [3.63, 3.8) is 0 Å². The number of fused-ring (bicyclic) bond motifs is 3. The zero-order valence-corrected chi connectivity index (χ0v) is 11.6. The molecule has 0 aromatic heterocycles. The standard InChI is InChI=1S/C16H21NS/c1-2-4-16-14(3-1)15(10-18-16)17-9-13-8-11-5-6-12(13)7-11/h1-4,11-13,15,17H,5-10H2.